The molecule has 0 unspecified atom stereocenters. The van der Waals surface area contributed by atoms with Crippen LogP contribution in [-0.4, -0.2) is 0 Å². The molecule has 0 bridgehead atoms. The monoisotopic (exact) mass is 532 g/mol. The van der Waals surface area contributed by atoms with Gasteiger partial charge in [-0.3, -0.25) is 0 Å². The van der Waals surface area contributed by atoms with E-state index in [0.29, 0.717) is 0 Å². The SMILES string of the molecule is c1ccc(-c2cc(Nc3ccc4oc5ccccc5c4c3)cc(Nc3ccc4sc5ccccc5c4c3)c2)cc1. The highest BCUT2D eigenvalue weighted by Crippen LogP contribution is 2.37. The Labute approximate surface area is 235 Å². The van der Waals surface area contributed by atoms with Gasteiger partial charge in [0.25, 0.3) is 0 Å². The molecule has 0 fully saturated rings. The van der Waals surface area contributed by atoms with Crippen molar-refractivity contribution in [3.63, 3.8) is 0 Å². The van der Waals surface area contributed by atoms with E-state index in [1.54, 1.807) is 0 Å². The van der Waals surface area contributed by atoms with Crippen LogP contribution in [0.5, 0.6) is 0 Å². The van der Waals surface area contributed by atoms with Crippen LogP contribution in [0.4, 0.5) is 22.7 Å². The van der Waals surface area contributed by atoms with Crippen molar-refractivity contribution < 1.29 is 4.42 Å². The van der Waals surface area contributed by atoms with E-state index < -0.39 is 0 Å². The number of thiophene rings is 1. The van der Waals surface area contributed by atoms with Crippen molar-refractivity contribution in [1.82, 2.24) is 0 Å². The zero-order chi connectivity index (χ0) is 26.5. The van der Waals surface area contributed by atoms with Crippen LogP contribution in [0.25, 0.3) is 53.2 Å². The second-order valence-corrected chi connectivity index (χ2v) is 11.1. The number of rotatable bonds is 5. The molecule has 0 aliphatic heterocycles. The lowest BCUT2D eigenvalue weighted by Crippen LogP contribution is -1.95. The summed E-state index contributed by atoms with van der Waals surface area (Å²) in [7, 11) is 0. The molecular weight excluding hydrogens is 508 g/mol. The third kappa shape index (κ3) is 4.06. The Kier molecular flexibility index (Phi) is 5.32. The molecule has 6 aromatic carbocycles. The van der Waals surface area contributed by atoms with Crippen LogP contribution in [0.3, 0.4) is 0 Å². The van der Waals surface area contributed by atoms with Gasteiger partial charge in [-0.15, -0.1) is 11.3 Å². The van der Waals surface area contributed by atoms with E-state index in [4.69, 9.17) is 4.42 Å². The van der Waals surface area contributed by atoms with Gasteiger partial charge in [0, 0.05) is 53.7 Å². The maximum absolute atomic E-state index is 6.03. The Balaban J connectivity index is 1.19. The molecule has 2 aromatic heterocycles. The Morgan fingerprint density at radius 2 is 1.02 bits per heavy atom. The molecule has 0 saturated heterocycles. The zero-order valence-corrected chi connectivity index (χ0v) is 22.3. The van der Waals surface area contributed by atoms with E-state index in [9.17, 15) is 0 Å². The van der Waals surface area contributed by atoms with Gasteiger partial charge in [-0.2, -0.15) is 0 Å². The first kappa shape index (κ1) is 22.9. The molecule has 0 radical (unpaired) electrons. The number of fused-ring (bicyclic) bond motifs is 6. The first-order chi connectivity index (χ1) is 19.8. The van der Waals surface area contributed by atoms with Gasteiger partial charge in [0.15, 0.2) is 0 Å². The number of benzene rings is 6. The smallest absolute Gasteiger partial charge is 0.135 e. The van der Waals surface area contributed by atoms with Gasteiger partial charge in [-0.05, 0) is 77.9 Å². The van der Waals surface area contributed by atoms with E-state index in [2.05, 4.69) is 126 Å². The number of hydrogen-bond donors (Lipinski definition) is 2. The minimum absolute atomic E-state index is 0.892. The summed E-state index contributed by atoms with van der Waals surface area (Å²) in [4.78, 5) is 0. The van der Waals surface area contributed by atoms with Crippen molar-refractivity contribution in [2.45, 2.75) is 0 Å². The minimum Gasteiger partial charge on any atom is -0.456 e. The van der Waals surface area contributed by atoms with Gasteiger partial charge in [-0.1, -0.05) is 66.7 Å². The summed E-state index contributed by atoms with van der Waals surface area (Å²) in [6.07, 6.45) is 0. The summed E-state index contributed by atoms with van der Waals surface area (Å²) in [6, 6.07) is 46.8. The number of anilines is 4. The Hall–Kier alpha value is -5.06. The summed E-state index contributed by atoms with van der Waals surface area (Å²) in [5, 5.41) is 12.2. The van der Waals surface area contributed by atoms with Crippen LogP contribution in [0.2, 0.25) is 0 Å². The minimum atomic E-state index is 0.892. The lowest BCUT2D eigenvalue weighted by Gasteiger charge is -2.14. The van der Waals surface area contributed by atoms with Crippen LogP contribution < -0.4 is 10.6 Å². The average molecular weight is 533 g/mol. The van der Waals surface area contributed by atoms with Crippen molar-refractivity contribution in [2.24, 2.45) is 0 Å². The molecule has 0 spiro atoms. The van der Waals surface area contributed by atoms with Gasteiger partial charge in [0.05, 0.1) is 0 Å². The molecule has 3 nitrogen and oxygen atoms in total. The number of hydrogen-bond acceptors (Lipinski definition) is 4. The molecule has 8 aromatic rings. The Morgan fingerprint density at radius 1 is 0.400 bits per heavy atom. The van der Waals surface area contributed by atoms with E-state index in [1.807, 2.05) is 29.5 Å². The lowest BCUT2D eigenvalue weighted by atomic mass is 10.0. The average Bonchev–Trinajstić information content (AvgIpc) is 3.55. The predicted octanol–water partition coefficient (Wildman–Crippen LogP) is 11.1. The third-order valence-electron chi connectivity index (χ3n) is 7.37. The molecule has 0 atom stereocenters. The Bertz CT molecular complexity index is 2040. The van der Waals surface area contributed by atoms with Gasteiger partial charge in [-0.25, -0.2) is 0 Å². The molecule has 40 heavy (non-hydrogen) atoms. The second-order valence-electron chi connectivity index (χ2n) is 10.0. The van der Waals surface area contributed by atoms with Gasteiger partial charge in [0.1, 0.15) is 11.2 Å². The van der Waals surface area contributed by atoms with Crippen molar-refractivity contribution in [2.75, 3.05) is 10.6 Å². The van der Waals surface area contributed by atoms with Crippen molar-refractivity contribution in [3.8, 4) is 11.1 Å². The van der Waals surface area contributed by atoms with Crippen LogP contribution in [0, 0.1) is 0 Å². The van der Waals surface area contributed by atoms with Gasteiger partial charge in [0.2, 0.25) is 0 Å². The second kappa shape index (κ2) is 9.30. The molecule has 2 N–H and O–H groups in total. The fourth-order valence-electron chi connectivity index (χ4n) is 5.51. The predicted molar refractivity (Wildman–Crippen MR) is 171 cm³/mol. The van der Waals surface area contributed by atoms with Crippen LogP contribution in [-0.2, 0) is 0 Å². The summed E-state index contributed by atoms with van der Waals surface area (Å²) < 4.78 is 8.65. The first-order valence-electron chi connectivity index (χ1n) is 13.3. The number of nitrogens with one attached hydrogen (secondary N) is 2. The van der Waals surface area contributed by atoms with E-state index in [-0.39, 0.29) is 0 Å². The largest absolute Gasteiger partial charge is 0.456 e. The van der Waals surface area contributed by atoms with Crippen LogP contribution in [0.15, 0.2) is 138 Å². The molecule has 0 aliphatic carbocycles. The quantitative estimate of drug-likeness (QED) is 0.231. The molecule has 0 aliphatic rings. The molecule has 0 amide bonds. The van der Waals surface area contributed by atoms with Crippen LogP contribution in [0.1, 0.15) is 0 Å². The molecular formula is C36H24N2OS. The maximum Gasteiger partial charge on any atom is 0.135 e. The van der Waals surface area contributed by atoms with E-state index in [0.717, 1.165) is 50.3 Å². The van der Waals surface area contributed by atoms with E-state index in [1.165, 1.54) is 25.7 Å². The highest BCUT2D eigenvalue weighted by atomic mass is 32.1. The molecule has 8 rings (SSSR count). The van der Waals surface area contributed by atoms with Crippen molar-refractivity contribution >= 4 is 76.2 Å². The normalized spacial score (nSPS) is 11.5. The standard InChI is InChI=1S/C36H24N2OS/c1-2-8-23(9-3-1)24-18-27(37-25-14-16-34-31(21-25)29-10-4-6-12-33(29)39-34)20-28(19-24)38-26-15-17-36-32(22-26)30-11-5-7-13-35(30)40-36/h1-22,37-38H. The van der Waals surface area contributed by atoms with Gasteiger partial charge < -0.3 is 15.1 Å². The fraction of sp³-hybridized carbons (Fsp3) is 0. The maximum atomic E-state index is 6.03. The van der Waals surface area contributed by atoms with Crippen molar-refractivity contribution in [3.05, 3.63) is 133 Å². The summed E-state index contributed by atoms with van der Waals surface area (Å²) >= 11 is 1.84. The fourth-order valence-corrected chi connectivity index (χ4v) is 6.60. The molecule has 190 valence electrons. The summed E-state index contributed by atoms with van der Waals surface area (Å²) in [6.45, 7) is 0. The van der Waals surface area contributed by atoms with Crippen LogP contribution >= 0.6 is 11.3 Å². The van der Waals surface area contributed by atoms with Gasteiger partial charge >= 0.3 is 0 Å². The Morgan fingerprint density at radius 3 is 1.85 bits per heavy atom. The topological polar surface area (TPSA) is 37.2 Å². The molecule has 2 heterocycles. The molecule has 4 heteroatoms. The highest BCUT2D eigenvalue weighted by Gasteiger charge is 2.10. The summed E-state index contributed by atoms with van der Waals surface area (Å²) in [5.74, 6) is 0. The zero-order valence-electron chi connectivity index (χ0n) is 21.5. The summed E-state index contributed by atoms with van der Waals surface area (Å²) in [5.41, 5.74) is 8.23. The highest BCUT2D eigenvalue weighted by molar-refractivity contribution is 7.25. The molecule has 0 saturated carbocycles. The lowest BCUT2D eigenvalue weighted by molar-refractivity contribution is 0.669. The first-order valence-corrected chi connectivity index (χ1v) is 14.2. The third-order valence-corrected chi connectivity index (χ3v) is 8.52. The van der Waals surface area contributed by atoms with E-state index >= 15 is 0 Å². The number of furan rings is 1. The van der Waals surface area contributed by atoms with Crippen molar-refractivity contribution in [1.29, 1.82) is 0 Å². The number of para-hydroxylation sites is 1.